The zero-order chi connectivity index (χ0) is 16.1. The van der Waals surface area contributed by atoms with Gasteiger partial charge in [-0.25, -0.2) is 14.6 Å². The number of imidazole rings is 1. The highest BCUT2D eigenvalue weighted by atomic mass is 32.1. The highest BCUT2D eigenvalue weighted by Crippen LogP contribution is 2.30. The number of carboxylic acid groups (broad SMARTS) is 1. The molecule has 0 radical (unpaired) electrons. The highest BCUT2D eigenvalue weighted by molar-refractivity contribution is 7.15. The molecule has 0 unspecified atom stereocenters. The van der Waals surface area contributed by atoms with Crippen molar-refractivity contribution in [2.24, 2.45) is 0 Å². The maximum atomic E-state index is 11.6. The monoisotopic (exact) mass is 329 g/mol. The SMILES string of the molecule is CCc1nc2scc(-c3ccc4[nH]c(=O)oc4c3)n2c1C(=O)O. The molecule has 2 N–H and O–H groups in total. The minimum atomic E-state index is -1.01. The summed E-state index contributed by atoms with van der Waals surface area (Å²) in [4.78, 5) is 30.5. The normalized spacial score (nSPS) is 11.5. The van der Waals surface area contributed by atoms with Gasteiger partial charge in [-0.05, 0) is 18.6 Å². The molecular formula is C15H11N3O4S. The van der Waals surface area contributed by atoms with Crippen LogP contribution in [-0.4, -0.2) is 25.4 Å². The van der Waals surface area contributed by atoms with Gasteiger partial charge in [-0.2, -0.15) is 0 Å². The topological polar surface area (TPSA) is 101 Å². The van der Waals surface area contributed by atoms with Crippen LogP contribution in [0.2, 0.25) is 0 Å². The Morgan fingerprint density at radius 1 is 1.48 bits per heavy atom. The van der Waals surface area contributed by atoms with Gasteiger partial charge in [0.1, 0.15) is 0 Å². The second kappa shape index (κ2) is 4.82. The number of carbonyl (C=O) groups is 1. The molecule has 7 nitrogen and oxygen atoms in total. The van der Waals surface area contributed by atoms with Gasteiger partial charge in [0.15, 0.2) is 16.2 Å². The number of aryl methyl sites for hydroxylation is 1. The van der Waals surface area contributed by atoms with Crippen molar-refractivity contribution in [1.29, 1.82) is 0 Å². The Bertz CT molecular complexity index is 1120. The van der Waals surface area contributed by atoms with E-state index in [0.717, 1.165) is 5.56 Å². The summed E-state index contributed by atoms with van der Waals surface area (Å²) in [5.74, 6) is -1.53. The van der Waals surface area contributed by atoms with E-state index in [1.807, 2.05) is 18.4 Å². The summed E-state index contributed by atoms with van der Waals surface area (Å²) in [6, 6.07) is 5.26. The Kier molecular flexibility index (Phi) is 2.88. The van der Waals surface area contributed by atoms with E-state index in [2.05, 4.69) is 9.97 Å². The van der Waals surface area contributed by atoms with Crippen molar-refractivity contribution in [1.82, 2.24) is 14.4 Å². The highest BCUT2D eigenvalue weighted by Gasteiger charge is 2.21. The Morgan fingerprint density at radius 3 is 3.04 bits per heavy atom. The van der Waals surface area contributed by atoms with Gasteiger partial charge in [0, 0.05) is 10.9 Å². The molecule has 23 heavy (non-hydrogen) atoms. The number of benzene rings is 1. The van der Waals surface area contributed by atoms with Crippen LogP contribution in [0.5, 0.6) is 0 Å². The number of H-pyrrole nitrogens is 1. The van der Waals surface area contributed by atoms with Crippen molar-refractivity contribution < 1.29 is 14.3 Å². The first-order chi connectivity index (χ1) is 11.1. The van der Waals surface area contributed by atoms with Crippen LogP contribution in [0.25, 0.3) is 27.3 Å². The van der Waals surface area contributed by atoms with E-state index >= 15 is 0 Å². The molecule has 8 heteroatoms. The van der Waals surface area contributed by atoms with Crippen LogP contribution in [0.1, 0.15) is 23.1 Å². The molecule has 0 bridgehead atoms. The molecule has 4 rings (SSSR count). The van der Waals surface area contributed by atoms with Crippen LogP contribution < -0.4 is 5.76 Å². The Hall–Kier alpha value is -2.87. The summed E-state index contributed by atoms with van der Waals surface area (Å²) in [5.41, 5.74) is 3.23. The maximum Gasteiger partial charge on any atom is 0.417 e. The predicted molar refractivity (Wildman–Crippen MR) is 85.2 cm³/mol. The van der Waals surface area contributed by atoms with Crippen molar-refractivity contribution in [2.75, 3.05) is 0 Å². The smallest absolute Gasteiger partial charge is 0.417 e. The number of carboxylic acids is 1. The molecular weight excluding hydrogens is 318 g/mol. The van der Waals surface area contributed by atoms with Gasteiger partial charge in [-0.15, -0.1) is 11.3 Å². The Labute approximate surface area is 132 Å². The fourth-order valence-corrected chi connectivity index (χ4v) is 3.59. The predicted octanol–water partition coefficient (Wildman–Crippen LogP) is 2.76. The second-order valence-electron chi connectivity index (χ2n) is 5.03. The van der Waals surface area contributed by atoms with E-state index < -0.39 is 11.7 Å². The molecule has 0 aliphatic heterocycles. The first kappa shape index (κ1) is 13.8. The van der Waals surface area contributed by atoms with Crippen molar-refractivity contribution in [3.63, 3.8) is 0 Å². The molecule has 0 atom stereocenters. The molecule has 0 aliphatic carbocycles. The summed E-state index contributed by atoms with van der Waals surface area (Å²) in [5, 5.41) is 11.4. The van der Waals surface area contributed by atoms with Crippen LogP contribution in [0.15, 0.2) is 32.8 Å². The Morgan fingerprint density at radius 2 is 2.30 bits per heavy atom. The lowest BCUT2D eigenvalue weighted by Crippen LogP contribution is -2.05. The third-order valence-corrected chi connectivity index (χ3v) is 4.52. The van der Waals surface area contributed by atoms with E-state index in [1.165, 1.54) is 11.3 Å². The van der Waals surface area contributed by atoms with Crippen molar-refractivity contribution in [3.8, 4) is 11.3 Å². The lowest BCUT2D eigenvalue weighted by molar-refractivity contribution is 0.0688. The summed E-state index contributed by atoms with van der Waals surface area (Å²) in [6.07, 6.45) is 0.543. The van der Waals surface area contributed by atoms with E-state index in [0.29, 0.717) is 33.9 Å². The molecule has 4 aromatic rings. The first-order valence-corrected chi connectivity index (χ1v) is 7.81. The van der Waals surface area contributed by atoms with Gasteiger partial charge in [-0.1, -0.05) is 13.0 Å². The number of nitrogens with zero attached hydrogens (tertiary/aromatic N) is 2. The van der Waals surface area contributed by atoms with Crippen molar-refractivity contribution >= 4 is 33.4 Å². The number of hydrogen-bond acceptors (Lipinski definition) is 5. The van der Waals surface area contributed by atoms with Gasteiger partial charge in [0.05, 0.1) is 16.9 Å². The van der Waals surface area contributed by atoms with Crippen LogP contribution in [0.3, 0.4) is 0 Å². The van der Waals surface area contributed by atoms with Crippen LogP contribution >= 0.6 is 11.3 Å². The molecule has 3 aromatic heterocycles. The van der Waals surface area contributed by atoms with Gasteiger partial charge in [0.2, 0.25) is 0 Å². The molecule has 3 heterocycles. The number of aromatic carboxylic acids is 1. The zero-order valence-electron chi connectivity index (χ0n) is 12.0. The largest absolute Gasteiger partial charge is 0.477 e. The second-order valence-corrected chi connectivity index (χ2v) is 5.87. The van der Waals surface area contributed by atoms with Crippen LogP contribution in [0.4, 0.5) is 0 Å². The fraction of sp³-hybridized carbons (Fsp3) is 0.133. The lowest BCUT2D eigenvalue weighted by Gasteiger charge is -2.03. The van der Waals surface area contributed by atoms with Crippen LogP contribution in [0, 0.1) is 0 Å². The molecule has 0 aliphatic rings. The quantitative estimate of drug-likeness (QED) is 0.602. The van der Waals surface area contributed by atoms with E-state index in [9.17, 15) is 14.7 Å². The minimum Gasteiger partial charge on any atom is -0.477 e. The fourth-order valence-electron chi connectivity index (χ4n) is 2.67. The molecule has 0 saturated heterocycles. The number of thiazole rings is 1. The van der Waals surface area contributed by atoms with Crippen molar-refractivity contribution in [2.45, 2.75) is 13.3 Å². The maximum absolute atomic E-state index is 11.6. The number of aromatic amines is 1. The first-order valence-electron chi connectivity index (χ1n) is 6.94. The van der Waals surface area contributed by atoms with Crippen molar-refractivity contribution in [3.05, 3.63) is 45.5 Å². The summed E-state index contributed by atoms with van der Waals surface area (Å²) < 4.78 is 6.71. The molecule has 0 spiro atoms. The molecule has 1 aromatic carbocycles. The number of aromatic nitrogens is 3. The molecule has 0 saturated carbocycles. The van der Waals surface area contributed by atoms with Gasteiger partial charge in [-0.3, -0.25) is 9.38 Å². The summed E-state index contributed by atoms with van der Waals surface area (Å²) >= 11 is 1.38. The number of oxazole rings is 1. The zero-order valence-corrected chi connectivity index (χ0v) is 12.8. The lowest BCUT2D eigenvalue weighted by atomic mass is 10.1. The standard InChI is InChI=1S/C15H11N3O4S/c1-2-8-12(13(19)20)18-10(6-23-14(18)16-8)7-3-4-9-11(5-7)22-15(21)17-9/h3-6H,2H2,1H3,(H,17,21)(H,19,20). The third kappa shape index (κ3) is 1.99. The van der Waals surface area contributed by atoms with Gasteiger partial charge >= 0.3 is 11.7 Å². The van der Waals surface area contributed by atoms with E-state index in [4.69, 9.17) is 4.42 Å². The summed E-state index contributed by atoms with van der Waals surface area (Å²) in [7, 11) is 0. The minimum absolute atomic E-state index is 0.175. The molecule has 0 amide bonds. The number of hydrogen-bond donors (Lipinski definition) is 2. The molecule has 0 fully saturated rings. The third-order valence-electron chi connectivity index (χ3n) is 3.69. The van der Waals surface area contributed by atoms with Crippen LogP contribution in [-0.2, 0) is 6.42 Å². The average Bonchev–Trinajstić information content (AvgIpc) is 3.16. The number of rotatable bonds is 3. The average molecular weight is 329 g/mol. The van der Waals surface area contributed by atoms with E-state index in [-0.39, 0.29) is 5.69 Å². The number of fused-ring (bicyclic) bond motifs is 2. The summed E-state index contributed by atoms with van der Waals surface area (Å²) in [6.45, 7) is 1.87. The van der Waals surface area contributed by atoms with Gasteiger partial charge in [0.25, 0.3) is 0 Å². The molecule has 116 valence electrons. The number of nitrogens with one attached hydrogen (secondary N) is 1. The van der Waals surface area contributed by atoms with Gasteiger partial charge < -0.3 is 9.52 Å². The van der Waals surface area contributed by atoms with E-state index in [1.54, 1.807) is 16.5 Å². The Balaban J connectivity index is 2.01.